The van der Waals surface area contributed by atoms with Crippen LogP contribution in [0.1, 0.15) is 18.5 Å². The first-order valence-corrected chi connectivity index (χ1v) is 6.86. The van der Waals surface area contributed by atoms with Crippen LogP contribution in [0.5, 0.6) is 5.75 Å². The summed E-state index contributed by atoms with van der Waals surface area (Å²) in [6, 6.07) is 7.81. The van der Waals surface area contributed by atoms with Gasteiger partial charge in [0.1, 0.15) is 11.9 Å². The fourth-order valence-corrected chi connectivity index (χ4v) is 2.52. The summed E-state index contributed by atoms with van der Waals surface area (Å²) in [5.41, 5.74) is 1.03. The lowest BCUT2D eigenvalue weighted by molar-refractivity contribution is -0.144. The largest absolute Gasteiger partial charge is 0.496 e. The Labute approximate surface area is 119 Å². The topological polar surface area (TPSA) is 50.8 Å². The molecular formula is C15H22N2O3. The van der Waals surface area contributed by atoms with Gasteiger partial charge >= 0.3 is 0 Å². The van der Waals surface area contributed by atoms with Gasteiger partial charge in [-0.15, -0.1) is 0 Å². The third-order valence-electron chi connectivity index (χ3n) is 3.73. The third-order valence-corrected chi connectivity index (χ3v) is 3.73. The van der Waals surface area contributed by atoms with E-state index in [-0.39, 0.29) is 11.9 Å². The van der Waals surface area contributed by atoms with Gasteiger partial charge in [-0.05, 0) is 13.0 Å². The van der Waals surface area contributed by atoms with Gasteiger partial charge in [0.05, 0.1) is 13.2 Å². The van der Waals surface area contributed by atoms with Gasteiger partial charge in [-0.25, -0.2) is 0 Å². The molecular weight excluding hydrogens is 256 g/mol. The summed E-state index contributed by atoms with van der Waals surface area (Å²) >= 11 is 0. The van der Waals surface area contributed by atoms with Crippen LogP contribution in [0.4, 0.5) is 0 Å². The van der Waals surface area contributed by atoms with Gasteiger partial charge in [-0.2, -0.15) is 0 Å². The van der Waals surface area contributed by atoms with Gasteiger partial charge in [0, 0.05) is 32.3 Å². The van der Waals surface area contributed by atoms with E-state index in [1.165, 1.54) is 0 Å². The number of ether oxygens (including phenoxy) is 2. The molecule has 0 bridgehead atoms. The third kappa shape index (κ3) is 2.94. The molecule has 5 nitrogen and oxygen atoms in total. The van der Waals surface area contributed by atoms with Crippen molar-refractivity contribution in [3.05, 3.63) is 29.8 Å². The quantitative estimate of drug-likeness (QED) is 0.899. The number of para-hydroxylation sites is 1. The molecule has 0 spiro atoms. The van der Waals surface area contributed by atoms with Crippen molar-refractivity contribution in [3.8, 4) is 5.75 Å². The first kappa shape index (κ1) is 14.8. The molecule has 1 amide bonds. The Bertz CT molecular complexity index is 464. The number of rotatable bonds is 4. The molecule has 1 heterocycles. The minimum absolute atomic E-state index is 0.0184. The van der Waals surface area contributed by atoms with Crippen LogP contribution in [0.3, 0.4) is 0 Å². The molecule has 0 saturated carbocycles. The Balaban J connectivity index is 2.29. The summed E-state index contributed by atoms with van der Waals surface area (Å²) in [7, 11) is 3.21. The molecule has 2 atom stereocenters. The molecule has 110 valence electrons. The van der Waals surface area contributed by atoms with E-state index in [9.17, 15) is 4.79 Å². The lowest BCUT2D eigenvalue weighted by Gasteiger charge is -2.38. The summed E-state index contributed by atoms with van der Waals surface area (Å²) in [6.45, 7) is 3.98. The lowest BCUT2D eigenvalue weighted by Crippen LogP contribution is -2.51. The van der Waals surface area contributed by atoms with Crippen molar-refractivity contribution in [2.45, 2.75) is 19.1 Å². The van der Waals surface area contributed by atoms with E-state index in [0.29, 0.717) is 6.54 Å². The van der Waals surface area contributed by atoms with Crippen LogP contribution in [0.2, 0.25) is 0 Å². The summed E-state index contributed by atoms with van der Waals surface area (Å²) in [4.78, 5) is 14.3. The van der Waals surface area contributed by atoms with Gasteiger partial charge in [-0.1, -0.05) is 18.2 Å². The van der Waals surface area contributed by atoms with Crippen molar-refractivity contribution in [2.24, 2.45) is 0 Å². The number of benzene rings is 1. The number of methoxy groups -OCH3 is 2. The van der Waals surface area contributed by atoms with Gasteiger partial charge in [0.2, 0.25) is 0 Å². The maximum Gasteiger partial charge on any atom is 0.251 e. The molecule has 1 aromatic rings. The van der Waals surface area contributed by atoms with Gasteiger partial charge < -0.3 is 19.7 Å². The van der Waals surface area contributed by atoms with Crippen molar-refractivity contribution in [2.75, 3.05) is 33.9 Å². The fraction of sp³-hybridized carbons (Fsp3) is 0.533. The number of amides is 1. The highest BCUT2D eigenvalue weighted by molar-refractivity contribution is 5.81. The molecule has 5 heteroatoms. The molecule has 20 heavy (non-hydrogen) atoms. The van der Waals surface area contributed by atoms with Crippen LogP contribution in [0.25, 0.3) is 0 Å². The second-order valence-electron chi connectivity index (χ2n) is 4.87. The Morgan fingerprint density at radius 3 is 2.85 bits per heavy atom. The van der Waals surface area contributed by atoms with E-state index >= 15 is 0 Å². The maximum atomic E-state index is 12.4. The van der Waals surface area contributed by atoms with E-state index in [2.05, 4.69) is 5.32 Å². The molecule has 1 aromatic carbocycles. The summed E-state index contributed by atoms with van der Waals surface area (Å²) < 4.78 is 10.6. The van der Waals surface area contributed by atoms with Crippen molar-refractivity contribution in [1.82, 2.24) is 10.2 Å². The number of hydrogen-bond donors (Lipinski definition) is 1. The average Bonchev–Trinajstić information content (AvgIpc) is 2.53. The normalized spacial score (nSPS) is 20.6. The maximum absolute atomic E-state index is 12.4. The Morgan fingerprint density at radius 1 is 1.40 bits per heavy atom. The zero-order chi connectivity index (χ0) is 14.5. The minimum Gasteiger partial charge on any atom is -0.496 e. The van der Waals surface area contributed by atoms with Gasteiger partial charge in [0.25, 0.3) is 5.91 Å². The van der Waals surface area contributed by atoms with Crippen LogP contribution >= 0.6 is 0 Å². The molecule has 0 aliphatic carbocycles. The number of carbonyl (C=O) groups excluding carboxylic acids is 1. The van der Waals surface area contributed by atoms with E-state index in [1.807, 2.05) is 29.2 Å². The van der Waals surface area contributed by atoms with Gasteiger partial charge in [0.15, 0.2) is 0 Å². The van der Waals surface area contributed by atoms with Crippen LogP contribution in [0, 0.1) is 0 Å². The zero-order valence-corrected chi connectivity index (χ0v) is 12.3. The van der Waals surface area contributed by atoms with Crippen molar-refractivity contribution in [3.63, 3.8) is 0 Å². The van der Waals surface area contributed by atoms with E-state index in [0.717, 1.165) is 24.4 Å². The van der Waals surface area contributed by atoms with Crippen molar-refractivity contribution >= 4 is 5.91 Å². The van der Waals surface area contributed by atoms with Crippen LogP contribution in [-0.2, 0) is 9.53 Å². The van der Waals surface area contributed by atoms with Crippen LogP contribution in [-0.4, -0.2) is 50.8 Å². The van der Waals surface area contributed by atoms with E-state index in [1.54, 1.807) is 21.1 Å². The van der Waals surface area contributed by atoms with Gasteiger partial charge in [-0.3, -0.25) is 4.79 Å². The minimum atomic E-state index is -0.426. The molecule has 1 aliphatic rings. The van der Waals surface area contributed by atoms with E-state index < -0.39 is 6.10 Å². The Morgan fingerprint density at radius 2 is 2.15 bits per heavy atom. The molecule has 1 aliphatic heterocycles. The number of nitrogens with zero attached hydrogens (tertiary/aromatic N) is 1. The van der Waals surface area contributed by atoms with E-state index in [4.69, 9.17) is 9.47 Å². The second-order valence-corrected chi connectivity index (χ2v) is 4.87. The summed E-state index contributed by atoms with van der Waals surface area (Å²) in [5.74, 6) is 0.828. The number of hydrogen-bond acceptors (Lipinski definition) is 4. The van der Waals surface area contributed by atoms with Crippen LogP contribution < -0.4 is 10.1 Å². The summed E-state index contributed by atoms with van der Waals surface area (Å²) in [6.07, 6.45) is -0.426. The highest BCUT2D eigenvalue weighted by atomic mass is 16.5. The molecule has 2 unspecified atom stereocenters. The van der Waals surface area contributed by atoms with Crippen LogP contribution in [0.15, 0.2) is 24.3 Å². The molecule has 1 fully saturated rings. The predicted octanol–water partition coefficient (Wildman–Crippen LogP) is 1.20. The molecule has 2 rings (SSSR count). The predicted molar refractivity (Wildman–Crippen MR) is 76.8 cm³/mol. The smallest absolute Gasteiger partial charge is 0.251 e. The van der Waals surface area contributed by atoms with Crippen molar-refractivity contribution in [1.29, 1.82) is 0 Å². The highest BCUT2D eigenvalue weighted by Crippen LogP contribution is 2.30. The van der Waals surface area contributed by atoms with Crippen molar-refractivity contribution < 1.29 is 14.3 Å². The highest BCUT2D eigenvalue weighted by Gasteiger charge is 2.32. The Kier molecular flexibility index (Phi) is 4.98. The zero-order valence-electron chi connectivity index (χ0n) is 12.3. The standard InChI is InChI=1S/C15H22N2O3/c1-11(19-2)15(18)17-9-8-16-10-13(17)12-6-4-5-7-14(12)20-3/h4-7,11,13,16H,8-10H2,1-3H3. The SMILES string of the molecule is COc1ccccc1C1CNCCN1C(=O)C(C)OC. The average molecular weight is 278 g/mol. The number of piperazine rings is 1. The Hall–Kier alpha value is -1.59. The molecule has 0 radical (unpaired) electrons. The molecule has 1 N–H and O–H groups in total. The lowest BCUT2D eigenvalue weighted by atomic mass is 10.0. The fourth-order valence-electron chi connectivity index (χ4n) is 2.52. The number of nitrogens with one attached hydrogen (secondary N) is 1. The monoisotopic (exact) mass is 278 g/mol. The first-order valence-electron chi connectivity index (χ1n) is 6.86. The molecule has 1 saturated heterocycles. The number of carbonyl (C=O) groups is 1. The second kappa shape index (κ2) is 6.72. The summed E-state index contributed by atoms with van der Waals surface area (Å²) in [5, 5.41) is 3.34. The first-order chi connectivity index (χ1) is 9.69. The molecule has 0 aromatic heterocycles.